The summed E-state index contributed by atoms with van der Waals surface area (Å²) in [5.74, 6) is 1.07. The number of rotatable bonds is 2. The van der Waals surface area contributed by atoms with Crippen LogP contribution < -0.4 is 5.32 Å². The van der Waals surface area contributed by atoms with Gasteiger partial charge in [-0.25, -0.2) is 0 Å². The Balaban J connectivity index is 1.84. The molecule has 1 aliphatic heterocycles. The minimum Gasteiger partial charge on any atom is -0.459 e. The van der Waals surface area contributed by atoms with Crippen LogP contribution in [0, 0.1) is 0 Å². The van der Waals surface area contributed by atoms with Crippen LogP contribution in [-0.2, 0) is 0 Å². The number of nitrogens with one attached hydrogen (secondary N) is 1. The number of hydrogen-bond donors (Lipinski definition) is 1. The molecule has 3 rings (SSSR count). The van der Waals surface area contributed by atoms with Gasteiger partial charge in [-0.05, 0) is 26.0 Å². The molecule has 1 aliphatic rings. The number of piperazine rings is 1. The molecule has 0 radical (unpaired) electrons. The van der Waals surface area contributed by atoms with Crippen molar-refractivity contribution >= 4 is 11.0 Å². The first-order valence-corrected chi connectivity index (χ1v) is 6.70. The molecule has 2 unspecified atom stereocenters. The van der Waals surface area contributed by atoms with E-state index < -0.39 is 0 Å². The van der Waals surface area contributed by atoms with Gasteiger partial charge in [-0.1, -0.05) is 18.2 Å². The van der Waals surface area contributed by atoms with Gasteiger partial charge in [0.15, 0.2) is 0 Å². The molecule has 18 heavy (non-hydrogen) atoms. The Morgan fingerprint density at radius 1 is 1.39 bits per heavy atom. The van der Waals surface area contributed by atoms with Crippen molar-refractivity contribution in [2.45, 2.75) is 25.9 Å². The van der Waals surface area contributed by atoms with Crippen LogP contribution in [-0.4, -0.2) is 30.6 Å². The molecule has 2 heterocycles. The summed E-state index contributed by atoms with van der Waals surface area (Å²) >= 11 is 0. The Hall–Kier alpha value is -1.32. The lowest BCUT2D eigenvalue weighted by Crippen LogP contribution is -2.49. The molecule has 1 aromatic heterocycles. The number of para-hydroxylation sites is 1. The third kappa shape index (κ3) is 2.16. The average molecular weight is 244 g/mol. The van der Waals surface area contributed by atoms with Crippen molar-refractivity contribution in [1.29, 1.82) is 0 Å². The number of fused-ring (bicyclic) bond motifs is 1. The maximum atomic E-state index is 5.96. The van der Waals surface area contributed by atoms with Crippen LogP contribution >= 0.6 is 0 Å². The van der Waals surface area contributed by atoms with Crippen molar-refractivity contribution in [2.24, 2.45) is 0 Å². The predicted octanol–water partition coefficient (Wildman–Crippen LogP) is 2.79. The summed E-state index contributed by atoms with van der Waals surface area (Å²) in [6, 6.07) is 11.3. The highest BCUT2D eigenvalue weighted by atomic mass is 16.3. The van der Waals surface area contributed by atoms with Crippen LogP contribution in [0.1, 0.15) is 25.6 Å². The van der Waals surface area contributed by atoms with Gasteiger partial charge in [-0.2, -0.15) is 0 Å². The third-order valence-corrected chi connectivity index (χ3v) is 3.80. The van der Waals surface area contributed by atoms with Crippen molar-refractivity contribution in [1.82, 2.24) is 10.2 Å². The maximum Gasteiger partial charge on any atom is 0.134 e. The predicted molar refractivity (Wildman–Crippen MR) is 73.7 cm³/mol. The van der Waals surface area contributed by atoms with Crippen LogP contribution in [0.4, 0.5) is 0 Å². The fourth-order valence-corrected chi connectivity index (χ4v) is 2.70. The molecular formula is C15H20N2O. The second-order valence-electron chi connectivity index (χ2n) is 5.21. The van der Waals surface area contributed by atoms with Gasteiger partial charge in [0.05, 0.1) is 6.04 Å². The number of hydrogen-bond acceptors (Lipinski definition) is 3. The van der Waals surface area contributed by atoms with Crippen LogP contribution in [0.5, 0.6) is 0 Å². The zero-order valence-electron chi connectivity index (χ0n) is 11.0. The molecular weight excluding hydrogens is 224 g/mol. The lowest BCUT2D eigenvalue weighted by Gasteiger charge is -2.35. The van der Waals surface area contributed by atoms with Crippen LogP contribution in [0.2, 0.25) is 0 Å². The Morgan fingerprint density at radius 2 is 2.22 bits per heavy atom. The molecule has 2 aromatic rings. The molecule has 0 bridgehead atoms. The van der Waals surface area contributed by atoms with E-state index in [-0.39, 0.29) is 0 Å². The molecule has 0 spiro atoms. The summed E-state index contributed by atoms with van der Waals surface area (Å²) in [6.07, 6.45) is 0. The number of benzene rings is 1. The Bertz CT molecular complexity index is 501. The van der Waals surface area contributed by atoms with Gasteiger partial charge < -0.3 is 9.73 Å². The molecule has 3 heteroatoms. The zero-order valence-corrected chi connectivity index (χ0v) is 11.0. The van der Waals surface area contributed by atoms with Gasteiger partial charge in [0.1, 0.15) is 11.3 Å². The maximum absolute atomic E-state index is 5.96. The van der Waals surface area contributed by atoms with E-state index in [2.05, 4.69) is 42.3 Å². The van der Waals surface area contributed by atoms with Crippen molar-refractivity contribution in [3.05, 3.63) is 36.1 Å². The molecule has 1 fully saturated rings. The Morgan fingerprint density at radius 3 is 3.00 bits per heavy atom. The summed E-state index contributed by atoms with van der Waals surface area (Å²) in [5.41, 5.74) is 0.988. The zero-order chi connectivity index (χ0) is 12.5. The smallest absolute Gasteiger partial charge is 0.134 e. The second kappa shape index (κ2) is 4.75. The summed E-state index contributed by atoms with van der Waals surface area (Å²) < 4.78 is 5.96. The fraction of sp³-hybridized carbons (Fsp3) is 0.467. The monoisotopic (exact) mass is 244 g/mol. The molecule has 2 atom stereocenters. The van der Waals surface area contributed by atoms with Crippen LogP contribution in [0.25, 0.3) is 11.0 Å². The standard InChI is InChI=1S/C15H20N2O/c1-11-10-17(8-7-16-11)12(2)15-9-13-5-3-4-6-14(13)18-15/h3-6,9,11-12,16H,7-8,10H2,1-2H3. The van der Waals surface area contributed by atoms with Crippen molar-refractivity contribution in [3.63, 3.8) is 0 Å². The molecule has 0 saturated carbocycles. The molecule has 3 nitrogen and oxygen atoms in total. The lowest BCUT2D eigenvalue weighted by molar-refractivity contribution is 0.145. The summed E-state index contributed by atoms with van der Waals surface area (Å²) in [5, 5.41) is 4.67. The van der Waals surface area contributed by atoms with E-state index in [1.54, 1.807) is 0 Å². The molecule has 1 saturated heterocycles. The first kappa shape index (κ1) is 11.8. The molecule has 1 aromatic carbocycles. The third-order valence-electron chi connectivity index (χ3n) is 3.80. The number of furan rings is 1. The Labute approximate surface area is 108 Å². The van der Waals surface area contributed by atoms with Crippen molar-refractivity contribution in [2.75, 3.05) is 19.6 Å². The topological polar surface area (TPSA) is 28.4 Å². The normalized spacial score (nSPS) is 23.3. The summed E-state index contributed by atoms with van der Waals surface area (Å²) in [4.78, 5) is 2.48. The van der Waals surface area contributed by atoms with Crippen molar-refractivity contribution < 1.29 is 4.42 Å². The number of nitrogens with zero attached hydrogens (tertiary/aromatic N) is 1. The van der Waals surface area contributed by atoms with Crippen LogP contribution in [0.15, 0.2) is 34.7 Å². The summed E-state index contributed by atoms with van der Waals surface area (Å²) in [6.45, 7) is 7.69. The quantitative estimate of drug-likeness (QED) is 0.880. The first-order valence-electron chi connectivity index (χ1n) is 6.70. The molecule has 0 amide bonds. The average Bonchev–Trinajstić information content (AvgIpc) is 2.81. The van der Waals surface area contributed by atoms with Gasteiger partial charge >= 0.3 is 0 Å². The molecule has 1 N–H and O–H groups in total. The highest BCUT2D eigenvalue weighted by Gasteiger charge is 2.23. The van der Waals surface area contributed by atoms with Gasteiger partial charge in [0.25, 0.3) is 0 Å². The van der Waals surface area contributed by atoms with E-state index in [1.165, 1.54) is 5.39 Å². The highest BCUT2D eigenvalue weighted by molar-refractivity contribution is 5.77. The lowest BCUT2D eigenvalue weighted by atomic mass is 10.1. The summed E-state index contributed by atoms with van der Waals surface area (Å²) in [7, 11) is 0. The largest absolute Gasteiger partial charge is 0.459 e. The van der Waals surface area contributed by atoms with E-state index in [0.717, 1.165) is 31.0 Å². The second-order valence-corrected chi connectivity index (χ2v) is 5.21. The van der Waals surface area contributed by atoms with Crippen molar-refractivity contribution in [3.8, 4) is 0 Å². The van der Waals surface area contributed by atoms with E-state index >= 15 is 0 Å². The van der Waals surface area contributed by atoms with Crippen LogP contribution in [0.3, 0.4) is 0 Å². The SMILES string of the molecule is CC1CN(C(C)c2cc3ccccc3o2)CCN1. The van der Waals surface area contributed by atoms with E-state index in [1.807, 2.05) is 12.1 Å². The Kier molecular flexibility index (Phi) is 3.10. The van der Waals surface area contributed by atoms with E-state index in [0.29, 0.717) is 12.1 Å². The highest BCUT2D eigenvalue weighted by Crippen LogP contribution is 2.27. The minimum absolute atomic E-state index is 0.349. The van der Waals surface area contributed by atoms with E-state index in [9.17, 15) is 0 Å². The first-order chi connectivity index (χ1) is 8.74. The van der Waals surface area contributed by atoms with Gasteiger partial charge in [-0.3, -0.25) is 4.90 Å². The molecule has 96 valence electrons. The minimum atomic E-state index is 0.349. The van der Waals surface area contributed by atoms with Gasteiger partial charge in [-0.15, -0.1) is 0 Å². The van der Waals surface area contributed by atoms with Gasteiger partial charge in [0, 0.05) is 31.1 Å². The van der Waals surface area contributed by atoms with Gasteiger partial charge in [0.2, 0.25) is 0 Å². The molecule has 0 aliphatic carbocycles. The fourth-order valence-electron chi connectivity index (χ4n) is 2.70. The van der Waals surface area contributed by atoms with E-state index in [4.69, 9.17) is 4.42 Å².